The van der Waals surface area contributed by atoms with E-state index in [0.717, 1.165) is 31.5 Å². The van der Waals surface area contributed by atoms with Crippen molar-refractivity contribution < 1.29 is 9.47 Å². The van der Waals surface area contributed by atoms with E-state index in [9.17, 15) is 0 Å². The highest BCUT2D eigenvalue weighted by Crippen LogP contribution is 2.16. The molecule has 1 fully saturated rings. The molecule has 2 N–H and O–H groups in total. The quantitative estimate of drug-likeness (QED) is 0.487. The highest BCUT2D eigenvalue weighted by Gasteiger charge is 2.12. The fourth-order valence-electron chi connectivity index (χ4n) is 2.05. The summed E-state index contributed by atoms with van der Waals surface area (Å²) in [7, 11) is 0. The topological polar surface area (TPSA) is 73.0 Å². The molecule has 0 amide bonds. The first-order valence-corrected chi connectivity index (χ1v) is 7.50. The molecule has 2 rings (SSSR count). The number of aromatic nitrogens is 1. The summed E-state index contributed by atoms with van der Waals surface area (Å²) < 4.78 is 11.0. The minimum Gasteiger partial charge on any atom is -0.477 e. The van der Waals surface area contributed by atoms with E-state index in [2.05, 4.69) is 16.9 Å². The summed E-state index contributed by atoms with van der Waals surface area (Å²) in [5.74, 6) is 1.21. The smallest absolute Gasteiger partial charge is 0.218 e. The highest BCUT2D eigenvalue weighted by molar-refractivity contribution is 5.78. The van der Waals surface area contributed by atoms with Crippen LogP contribution in [0.1, 0.15) is 25.3 Å². The summed E-state index contributed by atoms with van der Waals surface area (Å²) in [6.45, 7) is 6.30. The number of ether oxygens (including phenoxy) is 2. The molecule has 0 radical (unpaired) electrons. The molecule has 0 aliphatic carbocycles. The maximum absolute atomic E-state index is 6.03. The number of rotatable bonds is 6. The molecule has 116 valence electrons. The summed E-state index contributed by atoms with van der Waals surface area (Å²) >= 11 is 0. The minimum absolute atomic E-state index is 0.485. The standard InChI is InChI=1S/C15H24N4O2/c1-2-3-9-21-14-13(5-4-6-17-14)12-18-15(16)19-7-10-20-11-8-19/h4-6H,2-3,7-12H2,1H3,(H2,16,18). The first-order chi connectivity index (χ1) is 10.3. The molecule has 1 aromatic rings. The van der Waals surface area contributed by atoms with Crippen molar-refractivity contribution in [2.24, 2.45) is 10.7 Å². The second-order valence-corrected chi connectivity index (χ2v) is 4.94. The van der Waals surface area contributed by atoms with E-state index >= 15 is 0 Å². The molecule has 1 aliphatic heterocycles. The van der Waals surface area contributed by atoms with Crippen molar-refractivity contribution in [1.29, 1.82) is 0 Å². The van der Waals surface area contributed by atoms with Crippen molar-refractivity contribution in [2.45, 2.75) is 26.3 Å². The second-order valence-electron chi connectivity index (χ2n) is 4.94. The Morgan fingerprint density at radius 2 is 2.29 bits per heavy atom. The van der Waals surface area contributed by atoms with Crippen LogP contribution >= 0.6 is 0 Å². The molecule has 0 aromatic carbocycles. The van der Waals surface area contributed by atoms with Gasteiger partial charge in [0.2, 0.25) is 5.88 Å². The number of pyridine rings is 1. The summed E-state index contributed by atoms with van der Waals surface area (Å²) in [6.07, 6.45) is 3.86. The first kappa shape index (κ1) is 15.6. The van der Waals surface area contributed by atoms with Crippen LogP contribution in [0.4, 0.5) is 0 Å². The molecule has 1 saturated heterocycles. The van der Waals surface area contributed by atoms with Gasteiger partial charge in [0.15, 0.2) is 5.96 Å². The summed E-state index contributed by atoms with van der Waals surface area (Å²) in [5, 5.41) is 0. The van der Waals surface area contributed by atoms with Crippen LogP contribution in [-0.4, -0.2) is 48.8 Å². The maximum Gasteiger partial charge on any atom is 0.218 e. The third-order valence-corrected chi connectivity index (χ3v) is 3.33. The molecule has 1 aliphatic rings. The lowest BCUT2D eigenvalue weighted by Crippen LogP contribution is -2.44. The van der Waals surface area contributed by atoms with Crippen molar-refractivity contribution in [3.8, 4) is 5.88 Å². The Labute approximate surface area is 126 Å². The van der Waals surface area contributed by atoms with Gasteiger partial charge in [-0.15, -0.1) is 0 Å². The zero-order valence-corrected chi connectivity index (χ0v) is 12.6. The molecule has 6 heteroatoms. The number of aliphatic imine (C=N–C) groups is 1. The minimum atomic E-state index is 0.485. The Balaban J connectivity index is 1.94. The highest BCUT2D eigenvalue weighted by atomic mass is 16.5. The van der Waals surface area contributed by atoms with Gasteiger partial charge in [0.05, 0.1) is 26.4 Å². The summed E-state index contributed by atoms with van der Waals surface area (Å²) in [5.41, 5.74) is 6.99. The Kier molecular flexibility index (Phi) is 6.27. The van der Waals surface area contributed by atoms with E-state index in [4.69, 9.17) is 15.2 Å². The van der Waals surface area contributed by atoms with Crippen LogP contribution in [0.3, 0.4) is 0 Å². The van der Waals surface area contributed by atoms with Crippen LogP contribution in [-0.2, 0) is 11.3 Å². The van der Waals surface area contributed by atoms with Gasteiger partial charge in [0.25, 0.3) is 0 Å². The van der Waals surface area contributed by atoms with Gasteiger partial charge in [-0.2, -0.15) is 0 Å². The van der Waals surface area contributed by atoms with Gasteiger partial charge < -0.3 is 20.1 Å². The predicted octanol–water partition coefficient (Wildman–Crippen LogP) is 1.41. The predicted molar refractivity (Wildman–Crippen MR) is 82.4 cm³/mol. The maximum atomic E-state index is 6.03. The zero-order chi connectivity index (χ0) is 14.9. The Morgan fingerprint density at radius 1 is 1.48 bits per heavy atom. The number of unbranched alkanes of at least 4 members (excludes halogenated alkanes) is 1. The molecule has 0 saturated carbocycles. The molecular weight excluding hydrogens is 268 g/mol. The largest absolute Gasteiger partial charge is 0.477 e. The first-order valence-electron chi connectivity index (χ1n) is 7.50. The fraction of sp³-hybridized carbons (Fsp3) is 0.600. The number of hydrogen-bond acceptors (Lipinski definition) is 4. The van der Waals surface area contributed by atoms with Crippen molar-refractivity contribution in [3.05, 3.63) is 23.9 Å². The third kappa shape index (κ3) is 4.90. The third-order valence-electron chi connectivity index (χ3n) is 3.33. The lowest BCUT2D eigenvalue weighted by molar-refractivity contribution is 0.0674. The van der Waals surface area contributed by atoms with E-state index in [-0.39, 0.29) is 0 Å². The van der Waals surface area contributed by atoms with Crippen LogP contribution < -0.4 is 10.5 Å². The molecule has 21 heavy (non-hydrogen) atoms. The molecule has 1 aromatic heterocycles. The van der Waals surface area contributed by atoms with Crippen molar-refractivity contribution in [2.75, 3.05) is 32.9 Å². The van der Waals surface area contributed by atoms with Crippen molar-refractivity contribution in [3.63, 3.8) is 0 Å². The summed E-state index contributed by atoms with van der Waals surface area (Å²) in [4.78, 5) is 10.8. The Bertz CT molecular complexity index is 459. The van der Waals surface area contributed by atoms with Gasteiger partial charge >= 0.3 is 0 Å². The van der Waals surface area contributed by atoms with Crippen LogP contribution in [0.2, 0.25) is 0 Å². The van der Waals surface area contributed by atoms with Gasteiger partial charge in [-0.25, -0.2) is 9.98 Å². The van der Waals surface area contributed by atoms with E-state index in [0.29, 0.717) is 38.2 Å². The van der Waals surface area contributed by atoms with Crippen molar-refractivity contribution in [1.82, 2.24) is 9.88 Å². The molecule has 0 spiro atoms. The SMILES string of the molecule is CCCCOc1ncccc1CN=C(N)N1CCOCC1. The van der Waals surface area contributed by atoms with Crippen molar-refractivity contribution >= 4 is 5.96 Å². The molecule has 2 heterocycles. The van der Waals surface area contributed by atoms with Crippen LogP contribution in [0.5, 0.6) is 5.88 Å². The Hall–Kier alpha value is -1.82. The molecule has 0 atom stereocenters. The normalized spacial score (nSPS) is 16.0. The Morgan fingerprint density at radius 3 is 3.05 bits per heavy atom. The van der Waals surface area contributed by atoms with Crippen LogP contribution in [0, 0.1) is 0 Å². The lowest BCUT2D eigenvalue weighted by Gasteiger charge is -2.27. The molecular formula is C15H24N4O2. The number of nitrogens with two attached hydrogens (primary N) is 1. The second kappa shape index (κ2) is 8.46. The molecule has 0 unspecified atom stereocenters. The number of nitrogens with zero attached hydrogens (tertiary/aromatic N) is 3. The van der Waals surface area contributed by atoms with Gasteiger partial charge in [-0.1, -0.05) is 19.4 Å². The number of guanidine groups is 1. The van der Waals surface area contributed by atoms with E-state index in [1.165, 1.54) is 0 Å². The number of morpholine rings is 1. The van der Waals surface area contributed by atoms with Crippen LogP contribution in [0.15, 0.2) is 23.3 Å². The van der Waals surface area contributed by atoms with Gasteiger partial charge in [-0.3, -0.25) is 0 Å². The number of hydrogen-bond donors (Lipinski definition) is 1. The van der Waals surface area contributed by atoms with Crippen LogP contribution in [0.25, 0.3) is 0 Å². The van der Waals surface area contributed by atoms with Gasteiger partial charge in [0.1, 0.15) is 0 Å². The monoisotopic (exact) mass is 292 g/mol. The average Bonchev–Trinajstić information content (AvgIpc) is 2.54. The van der Waals surface area contributed by atoms with Gasteiger partial charge in [0, 0.05) is 24.8 Å². The molecule has 0 bridgehead atoms. The van der Waals surface area contributed by atoms with E-state index < -0.39 is 0 Å². The van der Waals surface area contributed by atoms with Gasteiger partial charge in [-0.05, 0) is 12.5 Å². The zero-order valence-electron chi connectivity index (χ0n) is 12.6. The average molecular weight is 292 g/mol. The summed E-state index contributed by atoms with van der Waals surface area (Å²) in [6, 6.07) is 3.87. The molecule has 6 nitrogen and oxygen atoms in total. The van der Waals surface area contributed by atoms with E-state index in [1.54, 1.807) is 6.20 Å². The van der Waals surface area contributed by atoms with E-state index in [1.807, 2.05) is 17.0 Å². The lowest BCUT2D eigenvalue weighted by atomic mass is 10.2. The fourth-order valence-corrected chi connectivity index (χ4v) is 2.05.